The van der Waals surface area contributed by atoms with Gasteiger partial charge in [-0.3, -0.25) is 9.59 Å². The molecule has 2 unspecified atom stereocenters. The summed E-state index contributed by atoms with van der Waals surface area (Å²) in [7, 11) is 0. The average Bonchev–Trinajstić information content (AvgIpc) is 3.25. The minimum absolute atomic E-state index is 0.00471. The van der Waals surface area contributed by atoms with Gasteiger partial charge in [0.25, 0.3) is 5.91 Å². The van der Waals surface area contributed by atoms with Gasteiger partial charge >= 0.3 is 0 Å². The number of hydrogen-bond acceptors (Lipinski definition) is 4. The molecule has 2 aliphatic rings. The molecule has 1 N–H and O–H groups in total. The van der Waals surface area contributed by atoms with E-state index in [1.165, 1.54) is 29.9 Å². The number of thiophene rings is 1. The fraction of sp³-hybridized carbons (Fsp3) is 0.625. The van der Waals surface area contributed by atoms with Crippen LogP contribution in [0, 0.1) is 0 Å². The molecular formula is C16H22N2O2S2. The molecule has 4 nitrogen and oxygen atoms in total. The van der Waals surface area contributed by atoms with E-state index in [2.05, 4.69) is 5.32 Å². The lowest BCUT2D eigenvalue weighted by Crippen LogP contribution is -2.52. The Bertz CT molecular complexity index is 512. The normalized spacial score (nSPS) is 25.2. The Labute approximate surface area is 139 Å². The van der Waals surface area contributed by atoms with Crippen LogP contribution in [0.2, 0.25) is 0 Å². The highest BCUT2D eigenvalue weighted by Gasteiger charge is 2.33. The van der Waals surface area contributed by atoms with Gasteiger partial charge in [-0.25, -0.2) is 0 Å². The Kier molecular flexibility index (Phi) is 5.41. The van der Waals surface area contributed by atoms with E-state index < -0.39 is 0 Å². The topological polar surface area (TPSA) is 49.4 Å². The number of likely N-dealkylation sites (tertiary alicyclic amines) is 1. The largest absolute Gasteiger partial charge is 0.353 e. The zero-order valence-electron chi connectivity index (χ0n) is 12.6. The fourth-order valence-electron chi connectivity index (χ4n) is 3.13. The van der Waals surface area contributed by atoms with Crippen molar-refractivity contribution in [2.75, 3.05) is 18.8 Å². The monoisotopic (exact) mass is 338 g/mol. The Morgan fingerprint density at radius 3 is 2.91 bits per heavy atom. The van der Waals surface area contributed by atoms with Gasteiger partial charge in [-0.05, 0) is 49.3 Å². The molecule has 3 heterocycles. The summed E-state index contributed by atoms with van der Waals surface area (Å²) in [6, 6.07) is 3.43. The second-order valence-corrected chi connectivity index (χ2v) is 8.22. The lowest BCUT2D eigenvalue weighted by molar-refractivity contribution is -0.126. The molecule has 0 aliphatic carbocycles. The summed E-state index contributed by atoms with van der Waals surface area (Å²) in [5.74, 6) is 1.23. The van der Waals surface area contributed by atoms with Crippen LogP contribution < -0.4 is 5.32 Å². The molecule has 120 valence electrons. The van der Waals surface area contributed by atoms with Crippen molar-refractivity contribution in [3.8, 4) is 0 Å². The van der Waals surface area contributed by atoms with Crippen molar-refractivity contribution in [1.29, 1.82) is 0 Å². The molecule has 0 aromatic carbocycles. The zero-order chi connectivity index (χ0) is 15.4. The van der Waals surface area contributed by atoms with E-state index in [0.29, 0.717) is 11.8 Å². The first-order valence-corrected chi connectivity index (χ1v) is 9.92. The molecule has 2 aliphatic heterocycles. The molecule has 2 fully saturated rings. The second-order valence-electron chi connectivity index (χ2n) is 5.87. The molecule has 2 saturated heterocycles. The SMILES string of the molecule is O=C(NCC1CCCS1)C1CCCCN1C(=O)c1cccs1. The van der Waals surface area contributed by atoms with Crippen molar-refractivity contribution in [1.82, 2.24) is 10.2 Å². The van der Waals surface area contributed by atoms with E-state index in [-0.39, 0.29) is 17.9 Å². The van der Waals surface area contributed by atoms with E-state index in [1.807, 2.05) is 29.3 Å². The molecule has 1 aromatic heterocycles. The van der Waals surface area contributed by atoms with Gasteiger partial charge in [0.15, 0.2) is 0 Å². The third-order valence-corrected chi connectivity index (χ3v) is 6.58. The molecule has 3 rings (SSSR count). The van der Waals surface area contributed by atoms with Gasteiger partial charge in [0.1, 0.15) is 6.04 Å². The van der Waals surface area contributed by atoms with Crippen LogP contribution in [-0.4, -0.2) is 46.8 Å². The summed E-state index contributed by atoms with van der Waals surface area (Å²) in [5, 5.41) is 5.53. The van der Waals surface area contributed by atoms with Crippen molar-refractivity contribution < 1.29 is 9.59 Å². The highest BCUT2D eigenvalue weighted by Crippen LogP contribution is 2.26. The van der Waals surface area contributed by atoms with Gasteiger partial charge in [-0.1, -0.05) is 6.07 Å². The number of amides is 2. The number of carbonyl (C=O) groups is 2. The van der Waals surface area contributed by atoms with Crippen LogP contribution in [0.1, 0.15) is 41.8 Å². The van der Waals surface area contributed by atoms with E-state index >= 15 is 0 Å². The van der Waals surface area contributed by atoms with Crippen LogP contribution in [0.3, 0.4) is 0 Å². The summed E-state index contributed by atoms with van der Waals surface area (Å²) < 4.78 is 0. The molecule has 0 bridgehead atoms. The lowest BCUT2D eigenvalue weighted by atomic mass is 10.0. The third-order valence-electron chi connectivity index (χ3n) is 4.33. The summed E-state index contributed by atoms with van der Waals surface area (Å²) in [5.41, 5.74) is 0. The molecule has 2 amide bonds. The zero-order valence-corrected chi connectivity index (χ0v) is 14.3. The number of rotatable bonds is 4. The minimum atomic E-state index is -0.297. The molecule has 22 heavy (non-hydrogen) atoms. The van der Waals surface area contributed by atoms with Crippen molar-refractivity contribution >= 4 is 34.9 Å². The number of nitrogens with one attached hydrogen (secondary N) is 1. The van der Waals surface area contributed by atoms with E-state index in [9.17, 15) is 9.59 Å². The van der Waals surface area contributed by atoms with Crippen LogP contribution in [0.5, 0.6) is 0 Å². The van der Waals surface area contributed by atoms with Crippen LogP contribution >= 0.6 is 23.1 Å². The second kappa shape index (κ2) is 7.51. The van der Waals surface area contributed by atoms with Gasteiger partial charge in [0.05, 0.1) is 4.88 Å². The molecule has 1 aromatic rings. The van der Waals surface area contributed by atoms with Gasteiger partial charge in [-0.15, -0.1) is 11.3 Å². The maximum atomic E-state index is 12.6. The Morgan fingerprint density at radius 1 is 1.27 bits per heavy atom. The molecule has 0 saturated carbocycles. The summed E-state index contributed by atoms with van der Waals surface area (Å²) in [4.78, 5) is 27.6. The van der Waals surface area contributed by atoms with E-state index in [4.69, 9.17) is 0 Å². The Morgan fingerprint density at radius 2 is 2.18 bits per heavy atom. The first kappa shape index (κ1) is 15.9. The molecular weight excluding hydrogens is 316 g/mol. The third kappa shape index (κ3) is 3.66. The van der Waals surface area contributed by atoms with Gasteiger partial charge in [0.2, 0.25) is 5.91 Å². The molecule has 0 spiro atoms. The van der Waals surface area contributed by atoms with Crippen molar-refractivity contribution in [2.24, 2.45) is 0 Å². The quantitative estimate of drug-likeness (QED) is 0.918. The standard InChI is InChI=1S/C16H22N2O2S2/c19-15(17-11-12-5-3-9-21-12)13-6-1-2-8-18(13)16(20)14-7-4-10-22-14/h4,7,10,12-13H,1-3,5-6,8-9,11H2,(H,17,19). The Hall–Kier alpha value is -1.01. The van der Waals surface area contributed by atoms with Gasteiger partial charge < -0.3 is 10.2 Å². The maximum Gasteiger partial charge on any atom is 0.264 e. The van der Waals surface area contributed by atoms with Crippen molar-refractivity contribution in [3.63, 3.8) is 0 Å². The summed E-state index contributed by atoms with van der Waals surface area (Å²) in [6.45, 7) is 1.42. The van der Waals surface area contributed by atoms with Crippen LogP contribution in [0.25, 0.3) is 0 Å². The fourth-order valence-corrected chi connectivity index (χ4v) is 5.01. The van der Waals surface area contributed by atoms with E-state index in [0.717, 1.165) is 30.7 Å². The minimum Gasteiger partial charge on any atom is -0.353 e. The molecule has 2 atom stereocenters. The number of nitrogens with zero attached hydrogens (tertiary/aromatic N) is 1. The highest BCUT2D eigenvalue weighted by molar-refractivity contribution is 8.00. The number of thioether (sulfide) groups is 1. The summed E-state index contributed by atoms with van der Waals surface area (Å²) in [6.07, 6.45) is 5.22. The predicted molar refractivity (Wildman–Crippen MR) is 91.5 cm³/mol. The number of carbonyl (C=O) groups excluding carboxylic acids is 2. The smallest absolute Gasteiger partial charge is 0.264 e. The van der Waals surface area contributed by atoms with Gasteiger partial charge in [0, 0.05) is 18.3 Å². The molecule has 0 radical (unpaired) electrons. The van der Waals surface area contributed by atoms with Gasteiger partial charge in [-0.2, -0.15) is 11.8 Å². The van der Waals surface area contributed by atoms with Crippen LogP contribution in [0.4, 0.5) is 0 Å². The summed E-state index contributed by atoms with van der Waals surface area (Å²) >= 11 is 3.39. The number of piperidine rings is 1. The first-order valence-electron chi connectivity index (χ1n) is 7.99. The van der Waals surface area contributed by atoms with Crippen molar-refractivity contribution in [3.05, 3.63) is 22.4 Å². The van der Waals surface area contributed by atoms with Crippen LogP contribution in [0.15, 0.2) is 17.5 Å². The lowest BCUT2D eigenvalue weighted by Gasteiger charge is -2.34. The average molecular weight is 338 g/mol. The van der Waals surface area contributed by atoms with Crippen molar-refractivity contribution in [2.45, 2.75) is 43.4 Å². The number of hydrogen-bond donors (Lipinski definition) is 1. The van der Waals surface area contributed by atoms with E-state index in [1.54, 1.807) is 4.90 Å². The predicted octanol–water partition coefficient (Wildman–Crippen LogP) is 2.75. The maximum absolute atomic E-state index is 12.6. The molecule has 6 heteroatoms. The highest BCUT2D eigenvalue weighted by atomic mass is 32.2. The van der Waals surface area contributed by atoms with Crippen LogP contribution in [-0.2, 0) is 4.79 Å². The first-order chi connectivity index (χ1) is 10.8. The Balaban J connectivity index is 1.61.